The number of hydrogen-bond donors (Lipinski definition) is 3. The fourth-order valence-corrected chi connectivity index (χ4v) is 5.18. The van der Waals surface area contributed by atoms with Crippen LogP contribution in [0, 0.1) is 11.7 Å². The Morgan fingerprint density at radius 2 is 2.03 bits per heavy atom. The molecule has 0 aliphatic carbocycles. The maximum atomic E-state index is 14.2. The van der Waals surface area contributed by atoms with E-state index in [0.29, 0.717) is 32.4 Å². The van der Waals surface area contributed by atoms with Crippen LogP contribution in [0.2, 0.25) is 5.02 Å². The molecule has 0 bridgehead atoms. The maximum Gasteiger partial charge on any atom is 0.247 e. The van der Waals surface area contributed by atoms with Gasteiger partial charge in [0.25, 0.3) is 0 Å². The molecule has 3 amide bonds. The first-order valence-electron chi connectivity index (χ1n) is 12.5. The van der Waals surface area contributed by atoms with Crippen molar-refractivity contribution in [1.82, 2.24) is 15.5 Å². The Balaban J connectivity index is 1.53. The van der Waals surface area contributed by atoms with Crippen molar-refractivity contribution in [2.45, 2.75) is 50.3 Å². The molecule has 2 fully saturated rings. The minimum atomic E-state index is -0.874. The number of carbonyl (C=O) groups excluding carboxylic acids is 3. The van der Waals surface area contributed by atoms with Gasteiger partial charge in [0.1, 0.15) is 11.9 Å². The van der Waals surface area contributed by atoms with Crippen molar-refractivity contribution in [3.63, 3.8) is 0 Å². The molecule has 196 valence electrons. The van der Waals surface area contributed by atoms with Crippen LogP contribution in [0.25, 0.3) is 6.08 Å². The van der Waals surface area contributed by atoms with Crippen LogP contribution in [-0.4, -0.2) is 59.0 Å². The lowest BCUT2D eigenvalue weighted by Gasteiger charge is -2.28. The highest BCUT2D eigenvalue weighted by molar-refractivity contribution is 6.30. The first-order chi connectivity index (χ1) is 17.7. The fourth-order valence-electron chi connectivity index (χ4n) is 5.02. The lowest BCUT2D eigenvalue weighted by Crippen LogP contribution is -2.51. The number of aliphatic hydroxyl groups is 1. The Kier molecular flexibility index (Phi) is 8.61. The number of benzene rings is 2. The molecular weight excluding hydrogens is 497 g/mol. The summed E-state index contributed by atoms with van der Waals surface area (Å²) in [5, 5.41) is 16.2. The molecule has 7 nitrogen and oxygen atoms in total. The van der Waals surface area contributed by atoms with Crippen molar-refractivity contribution in [3.8, 4) is 0 Å². The van der Waals surface area contributed by atoms with E-state index in [1.165, 1.54) is 35.3 Å². The minimum Gasteiger partial charge on any atom is -0.391 e. The first-order valence-corrected chi connectivity index (χ1v) is 12.9. The van der Waals surface area contributed by atoms with Gasteiger partial charge in [-0.05, 0) is 50.0 Å². The van der Waals surface area contributed by atoms with E-state index in [9.17, 15) is 23.9 Å². The summed E-state index contributed by atoms with van der Waals surface area (Å²) in [5.74, 6) is -1.78. The van der Waals surface area contributed by atoms with Gasteiger partial charge in [-0.15, -0.1) is 0 Å². The van der Waals surface area contributed by atoms with E-state index in [1.54, 1.807) is 6.92 Å². The second-order valence-electron chi connectivity index (χ2n) is 9.72. The van der Waals surface area contributed by atoms with Crippen LogP contribution in [0.15, 0.2) is 54.6 Å². The number of amides is 3. The van der Waals surface area contributed by atoms with Crippen LogP contribution in [0.3, 0.4) is 0 Å². The molecule has 2 aliphatic heterocycles. The van der Waals surface area contributed by atoms with Crippen molar-refractivity contribution in [1.29, 1.82) is 0 Å². The standard InChI is InChI=1S/C28H31ClFN3O4/c1-17(34)24(13-20-11-12-31-27(20)36)32-28(37)25-14-21(18-5-3-2-4-6-18)16-33(25)26(35)10-8-19-7-9-22(29)15-23(19)30/h2-10,15,17,20-21,24-25,34H,11-14,16H2,1H3,(H,31,36)(H,32,37)/b10-8+/t17?,20-,21+,24-,25-/m0/s1. The van der Waals surface area contributed by atoms with Crippen molar-refractivity contribution in [2.75, 3.05) is 13.1 Å². The largest absolute Gasteiger partial charge is 0.391 e. The van der Waals surface area contributed by atoms with E-state index in [2.05, 4.69) is 10.6 Å². The van der Waals surface area contributed by atoms with E-state index in [-0.39, 0.29) is 34.2 Å². The first kappa shape index (κ1) is 26.8. The zero-order valence-corrected chi connectivity index (χ0v) is 21.3. The molecule has 2 saturated heterocycles. The molecule has 5 atom stereocenters. The van der Waals surface area contributed by atoms with Crippen molar-refractivity contribution in [3.05, 3.63) is 76.6 Å². The summed E-state index contributed by atoms with van der Waals surface area (Å²) in [7, 11) is 0. The lowest BCUT2D eigenvalue weighted by atomic mass is 9.94. The second kappa shape index (κ2) is 11.9. The number of hydrogen-bond acceptors (Lipinski definition) is 4. The van der Waals surface area contributed by atoms with Gasteiger partial charge in [-0.1, -0.05) is 48.0 Å². The Bertz CT molecular complexity index is 1170. The summed E-state index contributed by atoms with van der Waals surface area (Å²) >= 11 is 5.81. The fraction of sp³-hybridized carbons (Fsp3) is 0.393. The minimum absolute atomic E-state index is 0.0628. The Morgan fingerprint density at radius 3 is 2.68 bits per heavy atom. The maximum absolute atomic E-state index is 14.2. The summed E-state index contributed by atoms with van der Waals surface area (Å²) in [6.45, 7) is 2.47. The quantitative estimate of drug-likeness (QED) is 0.459. The van der Waals surface area contributed by atoms with E-state index in [4.69, 9.17) is 11.6 Å². The molecule has 4 rings (SSSR count). The highest BCUT2D eigenvalue weighted by atomic mass is 35.5. The van der Waals surface area contributed by atoms with Gasteiger partial charge in [-0.3, -0.25) is 14.4 Å². The molecule has 2 aromatic rings. The molecule has 3 N–H and O–H groups in total. The number of likely N-dealkylation sites (tertiary alicyclic amines) is 1. The third-order valence-electron chi connectivity index (χ3n) is 7.14. The van der Waals surface area contributed by atoms with E-state index in [0.717, 1.165) is 5.56 Å². The summed E-state index contributed by atoms with van der Waals surface area (Å²) in [6, 6.07) is 12.4. The number of nitrogens with one attached hydrogen (secondary N) is 2. The molecule has 0 spiro atoms. The Morgan fingerprint density at radius 1 is 1.27 bits per heavy atom. The molecule has 0 saturated carbocycles. The van der Waals surface area contributed by atoms with Crippen molar-refractivity contribution in [2.24, 2.45) is 5.92 Å². The van der Waals surface area contributed by atoms with Gasteiger partial charge < -0.3 is 20.6 Å². The average molecular weight is 528 g/mol. The van der Waals surface area contributed by atoms with Gasteiger partial charge in [-0.25, -0.2) is 4.39 Å². The number of carbonyl (C=O) groups is 3. The summed E-state index contributed by atoms with van der Waals surface area (Å²) in [6.07, 6.45) is 3.12. The second-order valence-corrected chi connectivity index (χ2v) is 10.2. The number of nitrogens with zero attached hydrogens (tertiary/aromatic N) is 1. The molecule has 0 radical (unpaired) electrons. The average Bonchev–Trinajstić information content (AvgIpc) is 3.50. The van der Waals surface area contributed by atoms with E-state index in [1.807, 2.05) is 30.3 Å². The zero-order chi connectivity index (χ0) is 26.5. The Hall–Kier alpha value is -3.23. The third-order valence-corrected chi connectivity index (χ3v) is 7.37. The van der Waals surface area contributed by atoms with Crippen molar-refractivity contribution >= 4 is 35.4 Å². The van der Waals surface area contributed by atoms with Crippen LogP contribution in [0.4, 0.5) is 4.39 Å². The monoisotopic (exact) mass is 527 g/mol. The molecule has 2 aliphatic rings. The zero-order valence-electron chi connectivity index (χ0n) is 20.6. The number of halogens is 2. The highest BCUT2D eigenvalue weighted by Gasteiger charge is 2.41. The predicted molar refractivity (Wildman–Crippen MR) is 139 cm³/mol. The highest BCUT2D eigenvalue weighted by Crippen LogP contribution is 2.32. The Labute approximate surface area is 220 Å². The summed E-state index contributed by atoms with van der Waals surface area (Å²) in [4.78, 5) is 40.2. The van der Waals surface area contributed by atoms with Crippen molar-refractivity contribution < 1.29 is 23.9 Å². The lowest BCUT2D eigenvalue weighted by molar-refractivity contribution is -0.136. The van der Waals surface area contributed by atoms with Crippen LogP contribution < -0.4 is 10.6 Å². The number of rotatable bonds is 8. The smallest absolute Gasteiger partial charge is 0.247 e. The molecular formula is C28H31ClFN3O4. The SMILES string of the molecule is CC(O)[C@H](C[C@@H]1CCNC1=O)NC(=O)[C@@H]1C[C@@H](c2ccccc2)CN1C(=O)/C=C/c1ccc(Cl)cc1F. The predicted octanol–water partition coefficient (Wildman–Crippen LogP) is 3.27. The molecule has 2 aromatic carbocycles. The number of aliphatic hydroxyl groups excluding tert-OH is 1. The molecule has 37 heavy (non-hydrogen) atoms. The van der Waals surface area contributed by atoms with Gasteiger partial charge in [0.05, 0.1) is 12.1 Å². The van der Waals surface area contributed by atoms with Gasteiger partial charge in [-0.2, -0.15) is 0 Å². The molecule has 2 heterocycles. The summed E-state index contributed by atoms with van der Waals surface area (Å²) < 4.78 is 14.2. The third kappa shape index (κ3) is 6.56. The van der Waals surface area contributed by atoms with Gasteiger partial charge in [0.2, 0.25) is 17.7 Å². The van der Waals surface area contributed by atoms with Gasteiger partial charge >= 0.3 is 0 Å². The van der Waals surface area contributed by atoms with E-state index < -0.39 is 29.9 Å². The van der Waals surface area contributed by atoms with E-state index >= 15 is 0 Å². The van der Waals surface area contributed by atoms with Crippen LogP contribution in [0.1, 0.15) is 43.2 Å². The topological polar surface area (TPSA) is 98.7 Å². The molecule has 1 unspecified atom stereocenters. The molecule has 0 aromatic heterocycles. The van der Waals surface area contributed by atoms with Crippen LogP contribution in [0.5, 0.6) is 0 Å². The summed E-state index contributed by atoms with van der Waals surface area (Å²) in [5.41, 5.74) is 1.22. The van der Waals surface area contributed by atoms with Crippen LogP contribution in [-0.2, 0) is 14.4 Å². The van der Waals surface area contributed by atoms with Crippen LogP contribution >= 0.6 is 11.6 Å². The molecule has 9 heteroatoms. The van der Waals surface area contributed by atoms with Gasteiger partial charge in [0, 0.05) is 41.6 Å². The normalized spacial score (nSPS) is 23.2. The van der Waals surface area contributed by atoms with Gasteiger partial charge in [0.15, 0.2) is 0 Å².